The van der Waals surface area contributed by atoms with Crippen molar-refractivity contribution in [1.29, 1.82) is 0 Å². The van der Waals surface area contributed by atoms with Crippen LogP contribution in [0.15, 0.2) is 27.8 Å². The molecule has 0 fully saturated rings. The first kappa shape index (κ1) is 8.20. The number of nitrogens with zero attached hydrogens (tertiary/aromatic N) is 1. The third-order valence-electron chi connectivity index (χ3n) is 1.17. The molecule has 11 heavy (non-hydrogen) atoms. The maximum Gasteiger partial charge on any atom is 0.137 e. The fraction of sp³-hybridized carbons (Fsp3) is 0. The van der Waals surface area contributed by atoms with E-state index in [1.165, 1.54) is 12.3 Å². The second-order valence-electron chi connectivity index (χ2n) is 1.95. The van der Waals surface area contributed by atoms with Crippen LogP contribution in [-0.2, 0) is 0 Å². The molecule has 1 rings (SSSR count). The summed E-state index contributed by atoms with van der Waals surface area (Å²) < 4.78 is 13.0. The maximum absolute atomic E-state index is 12.6. The van der Waals surface area contributed by atoms with Crippen molar-refractivity contribution in [3.8, 4) is 0 Å². The van der Waals surface area contributed by atoms with Gasteiger partial charge in [0.2, 0.25) is 0 Å². The van der Waals surface area contributed by atoms with Crippen molar-refractivity contribution in [2.45, 2.75) is 0 Å². The molecule has 0 heterocycles. The van der Waals surface area contributed by atoms with Gasteiger partial charge in [-0.15, -0.1) is 0 Å². The van der Waals surface area contributed by atoms with Gasteiger partial charge >= 0.3 is 0 Å². The van der Waals surface area contributed by atoms with E-state index in [1.54, 1.807) is 12.1 Å². The molecule has 58 valence electrons. The summed E-state index contributed by atoms with van der Waals surface area (Å²) in [7, 11) is 0. The van der Waals surface area contributed by atoms with E-state index in [0.29, 0.717) is 4.47 Å². The Balaban J connectivity index is 3.05. The summed E-state index contributed by atoms with van der Waals surface area (Å²) >= 11 is 3.04. The van der Waals surface area contributed by atoms with Crippen LogP contribution in [0.2, 0.25) is 0 Å². The number of hydrogen-bond donors (Lipinski definition) is 1. The summed E-state index contributed by atoms with van der Waals surface area (Å²) in [6.07, 6.45) is 1.45. The number of nitrogens with two attached hydrogens (primary N) is 1. The number of rotatable bonds is 1. The van der Waals surface area contributed by atoms with E-state index in [2.05, 4.69) is 21.0 Å². The Morgan fingerprint density at radius 3 is 2.82 bits per heavy atom. The van der Waals surface area contributed by atoms with Crippen molar-refractivity contribution in [3.63, 3.8) is 0 Å². The van der Waals surface area contributed by atoms with Crippen molar-refractivity contribution in [3.05, 3.63) is 34.1 Å². The van der Waals surface area contributed by atoms with Gasteiger partial charge in [-0.1, -0.05) is 6.07 Å². The molecule has 0 spiro atoms. The highest BCUT2D eigenvalue weighted by atomic mass is 79.9. The van der Waals surface area contributed by atoms with Gasteiger partial charge in [0.05, 0.1) is 10.7 Å². The normalized spacial score (nSPS) is 10.7. The van der Waals surface area contributed by atoms with E-state index in [-0.39, 0.29) is 5.82 Å². The highest BCUT2D eigenvalue weighted by Crippen LogP contribution is 2.15. The van der Waals surface area contributed by atoms with E-state index in [4.69, 9.17) is 5.84 Å². The highest BCUT2D eigenvalue weighted by Gasteiger charge is 1.97. The quantitative estimate of drug-likeness (QED) is 0.435. The average molecular weight is 217 g/mol. The monoisotopic (exact) mass is 216 g/mol. The summed E-state index contributed by atoms with van der Waals surface area (Å²) in [5, 5.41) is 3.31. The van der Waals surface area contributed by atoms with Crippen molar-refractivity contribution in [1.82, 2.24) is 0 Å². The molecule has 0 saturated heterocycles. The molecule has 0 aliphatic rings. The van der Waals surface area contributed by atoms with Gasteiger partial charge in [-0.3, -0.25) is 0 Å². The van der Waals surface area contributed by atoms with Crippen LogP contribution in [0, 0.1) is 5.82 Å². The zero-order valence-electron chi connectivity index (χ0n) is 5.59. The van der Waals surface area contributed by atoms with Gasteiger partial charge in [0.1, 0.15) is 5.82 Å². The minimum absolute atomic E-state index is 0.292. The Hall–Kier alpha value is -0.900. The van der Waals surface area contributed by atoms with E-state index in [9.17, 15) is 4.39 Å². The first-order chi connectivity index (χ1) is 5.24. The maximum atomic E-state index is 12.6. The van der Waals surface area contributed by atoms with E-state index < -0.39 is 0 Å². The van der Waals surface area contributed by atoms with Crippen LogP contribution in [0.4, 0.5) is 4.39 Å². The minimum Gasteiger partial charge on any atom is -0.323 e. The van der Waals surface area contributed by atoms with Crippen molar-refractivity contribution in [2.24, 2.45) is 10.9 Å². The minimum atomic E-state index is -0.292. The summed E-state index contributed by atoms with van der Waals surface area (Å²) in [6, 6.07) is 4.54. The first-order valence-electron chi connectivity index (χ1n) is 2.92. The van der Waals surface area contributed by atoms with Crippen LogP contribution in [0.3, 0.4) is 0 Å². The number of hydrazone groups is 1. The topological polar surface area (TPSA) is 38.4 Å². The molecule has 0 radical (unpaired) electrons. The number of benzene rings is 1. The molecular formula is C7H6BrFN2. The molecule has 0 aromatic heterocycles. The van der Waals surface area contributed by atoms with Gasteiger partial charge in [-0.25, -0.2) is 4.39 Å². The zero-order chi connectivity index (χ0) is 8.27. The lowest BCUT2D eigenvalue weighted by atomic mass is 10.2. The van der Waals surface area contributed by atoms with Crippen LogP contribution in [0.1, 0.15) is 5.56 Å². The fourth-order valence-electron chi connectivity index (χ4n) is 0.679. The van der Waals surface area contributed by atoms with E-state index in [0.717, 1.165) is 5.56 Å². The molecule has 2 nitrogen and oxygen atoms in total. The first-order valence-corrected chi connectivity index (χ1v) is 3.71. The molecule has 0 amide bonds. The molecular weight excluding hydrogens is 211 g/mol. The van der Waals surface area contributed by atoms with Crippen LogP contribution < -0.4 is 5.84 Å². The highest BCUT2D eigenvalue weighted by molar-refractivity contribution is 9.10. The Labute approximate surface area is 72.0 Å². The Kier molecular flexibility index (Phi) is 2.59. The summed E-state index contributed by atoms with van der Waals surface area (Å²) in [6.45, 7) is 0. The van der Waals surface area contributed by atoms with Gasteiger partial charge in [-0.05, 0) is 33.6 Å². The lowest BCUT2D eigenvalue weighted by Gasteiger charge is -1.94. The SMILES string of the molecule is NN=Cc1ccc(F)c(Br)c1. The van der Waals surface area contributed by atoms with E-state index >= 15 is 0 Å². The largest absolute Gasteiger partial charge is 0.323 e. The predicted octanol–water partition coefficient (Wildman–Crippen LogP) is 1.88. The molecule has 0 aliphatic carbocycles. The van der Waals surface area contributed by atoms with Gasteiger partial charge in [0, 0.05) is 0 Å². The Morgan fingerprint density at radius 1 is 1.55 bits per heavy atom. The number of halogens is 2. The molecule has 0 atom stereocenters. The molecule has 1 aromatic carbocycles. The number of hydrogen-bond acceptors (Lipinski definition) is 2. The van der Waals surface area contributed by atoms with Gasteiger partial charge in [0.15, 0.2) is 0 Å². The van der Waals surface area contributed by atoms with E-state index in [1.807, 2.05) is 0 Å². The lowest BCUT2D eigenvalue weighted by molar-refractivity contribution is 0.621. The van der Waals surface area contributed by atoms with Crippen LogP contribution in [0.25, 0.3) is 0 Å². The third-order valence-corrected chi connectivity index (χ3v) is 1.77. The molecule has 4 heteroatoms. The smallest absolute Gasteiger partial charge is 0.137 e. The fourth-order valence-corrected chi connectivity index (χ4v) is 1.08. The Morgan fingerprint density at radius 2 is 2.27 bits per heavy atom. The summed E-state index contributed by atoms with van der Waals surface area (Å²) in [5.74, 6) is 4.62. The summed E-state index contributed by atoms with van der Waals surface area (Å²) in [4.78, 5) is 0. The van der Waals surface area contributed by atoms with Crippen molar-refractivity contribution < 1.29 is 4.39 Å². The van der Waals surface area contributed by atoms with Gasteiger partial charge in [0.25, 0.3) is 0 Å². The molecule has 2 N–H and O–H groups in total. The van der Waals surface area contributed by atoms with Gasteiger partial charge < -0.3 is 5.84 Å². The van der Waals surface area contributed by atoms with Crippen LogP contribution >= 0.6 is 15.9 Å². The third kappa shape index (κ3) is 2.01. The van der Waals surface area contributed by atoms with Crippen molar-refractivity contribution >= 4 is 22.1 Å². The second kappa shape index (κ2) is 3.48. The predicted molar refractivity (Wildman–Crippen MR) is 45.9 cm³/mol. The standard InChI is InChI=1S/C7H6BrFN2/c8-6-3-5(4-11-10)1-2-7(6)9/h1-4H,10H2. The molecule has 0 unspecified atom stereocenters. The average Bonchev–Trinajstić information content (AvgIpc) is 1.98. The van der Waals surface area contributed by atoms with Gasteiger partial charge in [-0.2, -0.15) is 5.10 Å². The molecule has 1 aromatic rings. The summed E-state index contributed by atoms with van der Waals surface area (Å²) in [5.41, 5.74) is 0.765. The Bertz CT molecular complexity index is 286. The zero-order valence-corrected chi connectivity index (χ0v) is 7.18. The van der Waals surface area contributed by atoms with Crippen LogP contribution in [-0.4, -0.2) is 6.21 Å². The molecule has 0 saturated carbocycles. The lowest BCUT2D eigenvalue weighted by Crippen LogP contribution is -1.87. The molecule has 0 aliphatic heterocycles. The molecule has 0 bridgehead atoms. The second-order valence-corrected chi connectivity index (χ2v) is 2.81. The van der Waals surface area contributed by atoms with Crippen molar-refractivity contribution in [2.75, 3.05) is 0 Å². The van der Waals surface area contributed by atoms with Crippen LogP contribution in [0.5, 0.6) is 0 Å².